The molecule has 1 amide bonds. The van der Waals surface area contributed by atoms with Gasteiger partial charge in [-0.15, -0.1) is 0 Å². The van der Waals surface area contributed by atoms with Gasteiger partial charge in [0.2, 0.25) is 12.5 Å². The van der Waals surface area contributed by atoms with Crippen molar-refractivity contribution in [3.63, 3.8) is 0 Å². The Balaban J connectivity index is 1.31. The topological polar surface area (TPSA) is 84.6 Å². The molecule has 0 radical (unpaired) electrons. The lowest BCUT2D eigenvalue weighted by Crippen LogP contribution is -2.56. The normalized spacial score (nSPS) is 19.4. The lowest BCUT2D eigenvalue weighted by Gasteiger charge is -2.41. The van der Waals surface area contributed by atoms with Gasteiger partial charge in [0.05, 0.1) is 31.6 Å². The molecule has 2 fully saturated rings. The fourth-order valence-electron chi connectivity index (χ4n) is 6.26. The molecule has 3 aliphatic heterocycles. The van der Waals surface area contributed by atoms with E-state index in [1.165, 1.54) is 28.1 Å². The second-order valence-electron chi connectivity index (χ2n) is 11.5. The number of nitrogens with zero attached hydrogens (tertiary/aromatic N) is 6. The van der Waals surface area contributed by atoms with Crippen molar-refractivity contribution in [3.8, 4) is 6.01 Å². The van der Waals surface area contributed by atoms with E-state index in [1.54, 1.807) is 4.90 Å². The van der Waals surface area contributed by atoms with E-state index in [9.17, 15) is 4.79 Å². The maximum Gasteiger partial charge on any atom is 0.318 e. The molecule has 224 valence electrons. The third-order valence-electron chi connectivity index (χ3n) is 8.48. The summed E-state index contributed by atoms with van der Waals surface area (Å²) in [6.45, 7) is 20.1. The highest BCUT2D eigenvalue weighted by atomic mass is 16.6. The monoisotopic (exact) mass is 582 g/mol. The summed E-state index contributed by atoms with van der Waals surface area (Å²) in [6.07, 6.45) is 2.07. The molecule has 43 heavy (non-hydrogen) atoms. The number of rotatable bonds is 9. The number of benzene rings is 2. The van der Waals surface area contributed by atoms with Gasteiger partial charge < -0.3 is 33.8 Å². The summed E-state index contributed by atoms with van der Waals surface area (Å²) < 4.78 is 17.4. The molecule has 0 aliphatic carbocycles. The van der Waals surface area contributed by atoms with Crippen LogP contribution in [0.4, 0.5) is 11.5 Å². The number of carbonyl (C=O) groups is 1. The molecule has 10 nitrogen and oxygen atoms in total. The molecular weight excluding hydrogens is 544 g/mol. The van der Waals surface area contributed by atoms with E-state index in [0.717, 1.165) is 30.0 Å². The summed E-state index contributed by atoms with van der Waals surface area (Å²) in [5, 5.41) is 2.48. The molecule has 2 saturated heterocycles. The number of amides is 1. The molecule has 2 aromatic carbocycles. The number of anilines is 2. The first kappa shape index (κ1) is 28.9. The fraction of sp³-hybridized carbons (Fsp3) is 0.455. The predicted octanol–water partition coefficient (Wildman–Crippen LogP) is 3.81. The SMILES string of the molecule is [C-]#[N+]C[C@H]1CN(c2nc(OC[C@H](C)OC3COC3)nc3c2CCN(c2cccc4cccc(C)c24)C3)CCN1C(=O)C=C. The highest BCUT2D eigenvalue weighted by Crippen LogP contribution is 2.36. The molecule has 3 aromatic rings. The summed E-state index contributed by atoms with van der Waals surface area (Å²) in [5.41, 5.74) is 4.47. The predicted molar refractivity (Wildman–Crippen MR) is 165 cm³/mol. The number of piperazine rings is 1. The lowest BCUT2D eigenvalue weighted by molar-refractivity contribution is -0.156. The third-order valence-corrected chi connectivity index (χ3v) is 8.48. The van der Waals surface area contributed by atoms with Crippen molar-refractivity contribution in [1.29, 1.82) is 0 Å². The lowest BCUT2D eigenvalue weighted by atomic mass is 9.99. The summed E-state index contributed by atoms with van der Waals surface area (Å²) in [5.74, 6) is 0.685. The Hall–Kier alpha value is -4.20. The summed E-state index contributed by atoms with van der Waals surface area (Å²) in [6, 6.07) is 12.9. The van der Waals surface area contributed by atoms with Crippen molar-refractivity contribution in [3.05, 3.63) is 77.3 Å². The van der Waals surface area contributed by atoms with E-state index in [1.807, 2.05) is 6.92 Å². The Morgan fingerprint density at radius 1 is 1.19 bits per heavy atom. The maximum absolute atomic E-state index is 12.5. The number of hydrogen-bond acceptors (Lipinski definition) is 8. The number of aromatic nitrogens is 2. The summed E-state index contributed by atoms with van der Waals surface area (Å²) in [7, 11) is 0. The molecule has 6 rings (SSSR count). The molecular formula is C33H38N6O4. The molecule has 0 N–H and O–H groups in total. The van der Waals surface area contributed by atoms with Crippen LogP contribution >= 0.6 is 0 Å². The van der Waals surface area contributed by atoms with Gasteiger partial charge in [-0.3, -0.25) is 4.79 Å². The van der Waals surface area contributed by atoms with Crippen LogP contribution in [-0.2, 0) is 27.2 Å². The second kappa shape index (κ2) is 12.6. The third kappa shape index (κ3) is 6.01. The molecule has 3 aliphatic rings. The van der Waals surface area contributed by atoms with E-state index in [4.69, 9.17) is 30.8 Å². The highest BCUT2D eigenvalue weighted by molar-refractivity contribution is 5.97. The Morgan fingerprint density at radius 3 is 2.74 bits per heavy atom. The quantitative estimate of drug-likeness (QED) is 0.278. The Labute approximate surface area is 252 Å². The summed E-state index contributed by atoms with van der Waals surface area (Å²) >= 11 is 0. The average molecular weight is 583 g/mol. The van der Waals surface area contributed by atoms with Crippen molar-refractivity contribution in [2.75, 3.05) is 62.3 Å². The van der Waals surface area contributed by atoms with Gasteiger partial charge in [-0.1, -0.05) is 36.9 Å². The highest BCUT2D eigenvalue weighted by Gasteiger charge is 2.35. The molecule has 10 heteroatoms. The number of hydrogen-bond donors (Lipinski definition) is 0. The molecule has 0 saturated carbocycles. The van der Waals surface area contributed by atoms with Crippen molar-refractivity contribution in [2.45, 2.75) is 45.1 Å². The second-order valence-corrected chi connectivity index (χ2v) is 11.5. The van der Waals surface area contributed by atoms with E-state index in [0.29, 0.717) is 52.0 Å². The zero-order valence-electron chi connectivity index (χ0n) is 24.9. The van der Waals surface area contributed by atoms with Gasteiger partial charge in [-0.2, -0.15) is 9.97 Å². The van der Waals surface area contributed by atoms with Crippen LogP contribution in [0.15, 0.2) is 49.1 Å². The molecule has 0 bridgehead atoms. The van der Waals surface area contributed by atoms with Gasteiger partial charge in [-0.05, 0) is 43.4 Å². The van der Waals surface area contributed by atoms with Crippen LogP contribution in [0.1, 0.15) is 23.7 Å². The molecule has 0 unspecified atom stereocenters. The van der Waals surface area contributed by atoms with Gasteiger partial charge >= 0.3 is 6.01 Å². The number of ether oxygens (including phenoxy) is 3. The van der Waals surface area contributed by atoms with E-state index in [-0.39, 0.29) is 30.7 Å². The fourth-order valence-corrected chi connectivity index (χ4v) is 6.26. The largest absolute Gasteiger partial charge is 0.461 e. The van der Waals surface area contributed by atoms with Gasteiger partial charge in [0.25, 0.3) is 0 Å². The molecule has 0 spiro atoms. The first-order valence-corrected chi connectivity index (χ1v) is 15.0. The minimum absolute atomic E-state index is 0.102. The standard InChI is InChI=1S/C33H38N6O4/c1-5-30(40)39-15-14-38(17-25(39)16-34-4)32-27-12-13-37(29-11-7-10-24-9-6-8-22(2)31(24)29)18-28(27)35-33(36-32)42-19-23(3)43-26-20-41-21-26/h5-11,23,25-26H,1,12-21H2,2-3H3/t23-,25-/m0/s1. The Morgan fingerprint density at radius 2 is 2.00 bits per heavy atom. The van der Waals surface area contributed by atoms with Gasteiger partial charge in [0.15, 0.2) is 0 Å². The van der Waals surface area contributed by atoms with E-state index < -0.39 is 0 Å². The van der Waals surface area contributed by atoms with Gasteiger partial charge in [0, 0.05) is 42.8 Å². The first-order chi connectivity index (χ1) is 20.9. The minimum atomic E-state index is -0.247. The Bertz CT molecular complexity index is 1550. The maximum atomic E-state index is 12.5. The minimum Gasteiger partial charge on any atom is -0.461 e. The van der Waals surface area contributed by atoms with Crippen LogP contribution in [0.25, 0.3) is 15.6 Å². The van der Waals surface area contributed by atoms with Crippen molar-refractivity contribution < 1.29 is 19.0 Å². The zero-order valence-corrected chi connectivity index (χ0v) is 24.9. The van der Waals surface area contributed by atoms with Crippen LogP contribution in [0.5, 0.6) is 6.01 Å². The number of carbonyl (C=O) groups excluding carboxylic acids is 1. The molecule has 4 heterocycles. The zero-order chi connectivity index (χ0) is 29.9. The number of aryl methyl sites for hydroxylation is 1. The van der Waals surface area contributed by atoms with Gasteiger partial charge in [0.1, 0.15) is 24.6 Å². The molecule has 2 atom stereocenters. The van der Waals surface area contributed by atoms with Crippen LogP contribution in [-0.4, -0.2) is 91.6 Å². The summed E-state index contributed by atoms with van der Waals surface area (Å²) in [4.78, 5) is 32.4. The van der Waals surface area contributed by atoms with Gasteiger partial charge in [-0.25, -0.2) is 6.57 Å². The van der Waals surface area contributed by atoms with Crippen LogP contribution in [0.2, 0.25) is 0 Å². The van der Waals surface area contributed by atoms with E-state index in [2.05, 4.69) is 64.5 Å². The van der Waals surface area contributed by atoms with Crippen molar-refractivity contribution >= 4 is 28.2 Å². The van der Waals surface area contributed by atoms with E-state index >= 15 is 0 Å². The van der Waals surface area contributed by atoms with Crippen LogP contribution < -0.4 is 14.5 Å². The number of fused-ring (bicyclic) bond motifs is 2. The first-order valence-electron chi connectivity index (χ1n) is 15.0. The Kier molecular flexibility index (Phi) is 8.45. The average Bonchev–Trinajstić information content (AvgIpc) is 3.00. The van der Waals surface area contributed by atoms with Crippen molar-refractivity contribution in [2.24, 2.45) is 0 Å². The molecule has 1 aromatic heterocycles. The van der Waals surface area contributed by atoms with Crippen LogP contribution in [0, 0.1) is 13.5 Å². The van der Waals surface area contributed by atoms with Crippen LogP contribution in [0.3, 0.4) is 0 Å². The van der Waals surface area contributed by atoms with Crippen molar-refractivity contribution in [1.82, 2.24) is 14.9 Å². The smallest absolute Gasteiger partial charge is 0.318 e.